The lowest BCUT2D eigenvalue weighted by Gasteiger charge is -2.19. The molecule has 1 atom stereocenters. The van der Waals surface area contributed by atoms with Gasteiger partial charge in [-0.05, 0) is 12.3 Å². The van der Waals surface area contributed by atoms with Gasteiger partial charge in [0.15, 0.2) is 11.5 Å². The number of hydrogen-bond acceptors (Lipinski definition) is 5. The summed E-state index contributed by atoms with van der Waals surface area (Å²) in [6.07, 6.45) is -2.81. The molecule has 0 radical (unpaired) electrons. The van der Waals surface area contributed by atoms with Gasteiger partial charge in [0, 0.05) is 0 Å². The van der Waals surface area contributed by atoms with E-state index in [2.05, 4.69) is 25.3 Å². The molecule has 2 heterocycles. The summed E-state index contributed by atoms with van der Waals surface area (Å²) in [6.45, 7) is 3.70. The van der Waals surface area contributed by atoms with Crippen molar-refractivity contribution < 1.29 is 18.3 Å². The first kappa shape index (κ1) is 15.5. The first-order valence-corrected chi connectivity index (χ1v) is 6.47. The second-order valence-electron chi connectivity index (χ2n) is 5.15. The first-order valence-electron chi connectivity index (χ1n) is 6.47. The Morgan fingerprint density at radius 2 is 2.05 bits per heavy atom. The summed E-state index contributed by atoms with van der Waals surface area (Å²) in [5, 5.41) is 12.2. The van der Waals surface area contributed by atoms with Gasteiger partial charge in [0.1, 0.15) is 5.52 Å². The minimum Gasteiger partial charge on any atom is -0.394 e. The maximum atomic E-state index is 12.8. The molecule has 0 aliphatic rings. The van der Waals surface area contributed by atoms with Crippen LogP contribution in [0.3, 0.4) is 0 Å². The highest BCUT2D eigenvalue weighted by Gasteiger charge is 2.36. The monoisotopic (exact) mass is 303 g/mol. The number of nitrogens with zero attached hydrogens (tertiary/aromatic N) is 3. The Labute approximate surface area is 118 Å². The number of anilines is 1. The van der Waals surface area contributed by atoms with Gasteiger partial charge in [0.2, 0.25) is 5.82 Å². The highest BCUT2D eigenvalue weighted by Crippen LogP contribution is 2.29. The van der Waals surface area contributed by atoms with Gasteiger partial charge in [0.25, 0.3) is 0 Å². The van der Waals surface area contributed by atoms with Crippen molar-refractivity contribution in [2.75, 3.05) is 11.9 Å². The minimum absolute atomic E-state index is 0.00970. The summed E-state index contributed by atoms with van der Waals surface area (Å²) in [5.41, 5.74) is 0.214. The second kappa shape index (κ2) is 5.84. The van der Waals surface area contributed by atoms with Crippen molar-refractivity contribution in [2.45, 2.75) is 32.5 Å². The zero-order valence-electron chi connectivity index (χ0n) is 11.6. The third-order valence-electron chi connectivity index (χ3n) is 2.86. The maximum absolute atomic E-state index is 12.8. The van der Waals surface area contributed by atoms with Crippen LogP contribution in [0, 0.1) is 5.92 Å². The van der Waals surface area contributed by atoms with E-state index in [9.17, 15) is 18.3 Å². The zero-order valence-corrected chi connectivity index (χ0v) is 11.6. The molecule has 3 N–H and O–H groups in total. The van der Waals surface area contributed by atoms with Crippen molar-refractivity contribution in [1.29, 1.82) is 0 Å². The van der Waals surface area contributed by atoms with Crippen LogP contribution in [0.2, 0.25) is 0 Å². The van der Waals surface area contributed by atoms with E-state index in [1.807, 2.05) is 13.8 Å². The predicted octanol–water partition coefficient (Wildman–Crippen LogP) is 2.19. The third kappa shape index (κ3) is 3.60. The van der Waals surface area contributed by atoms with E-state index >= 15 is 0 Å². The fourth-order valence-corrected chi connectivity index (χ4v) is 2.01. The minimum atomic E-state index is -4.66. The lowest BCUT2D eigenvalue weighted by atomic mass is 10.0. The highest BCUT2D eigenvalue weighted by molar-refractivity contribution is 5.82. The number of aliphatic hydroxyl groups is 1. The zero-order chi connectivity index (χ0) is 15.6. The molecule has 0 spiro atoms. The Bertz CT molecular complexity index is 610. The highest BCUT2D eigenvalue weighted by atomic mass is 19.4. The fourth-order valence-electron chi connectivity index (χ4n) is 2.01. The predicted molar refractivity (Wildman–Crippen MR) is 70.6 cm³/mol. The molecule has 116 valence electrons. The average molecular weight is 303 g/mol. The van der Waals surface area contributed by atoms with Crippen molar-refractivity contribution in [3.05, 3.63) is 12.2 Å². The number of imidazole rings is 1. The Hall–Kier alpha value is -1.90. The van der Waals surface area contributed by atoms with Crippen LogP contribution in [0.4, 0.5) is 19.0 Å². The molecule has 0 aliphatic heterocycles. The average Bonchev–Trinajstić information content (AvgIpc) is 2.84. The number of aromatic nitrogens is 4. The van der Waals surface area contributed by atoms with Gasteiger partial charge in [-0.3, -0.25) is 0 Å². The standard InChI is InChI=1S/C12H16F3N5O/c1-6(2)3-7(4-21)18-10-8-9(17-5-16-8)19-11(20-10)12(13,14)15/h5-7,21H,3-4H2,1-2H3,(H2,16,17,18,19,20). The van der Waals surface area contributed by atoms with Crippen LogP contribution in [-0.2, 0) is 6.18 Å². The molecule has 0 fully saturated rings. The lowest BCUT2D eigenvalue weighted by molar-refractivity contribution is -0.144. The van der Waals surface area contributed by atoms with Crippen molar-refractivity contribution in [3.63, 3.8) is 0 Å². The van der Waals surface area contributed by atoms with Crippen LogP contribution >= 0.6 is 0 Å². The van der Waals surface area contributed by atoms with Gasteiger partial charge in [-0.1, -0.05) is 13.8 Å². The van der Waals surface area contributed by atoms with Crippen LogP contribution in [0.25, 0.3) is 11.2 Å². The summed E-state index contributed by atoms with van der Waals surface area (Å²) in [5.74, 6) is -0.994. The topological polar surface area (TPSA) is 86.7 Å². The molecular weight excluding hydrogens is 287 g/mol. The van der Waals surface area contributed by atoms with E-state index < -0.39 is 18.0 Å². The smallest absolute Gasteiger partial charge is 0.394 e. The third-order valence-corrected chi connectivity index (χ3v) is 2.86. The Kier molecular flexibility index (Phi) is 4.31. The van der Waals surface area contributed by atoms with E-state index in [0.29, 0.717) is 6.42 Å². The molecule has 2 rings (SSSR count). The molecule has 21 heavy (non-hydrogen) atoms. The molecule has 2 aromatic rings. The largest absolute Gasteiger partial charge is 0.451 e. The number of nitrogens with one attached hydrogen (secondary N) is 2. The molecule has 2 aromatic heterocycles. The number of fused-ring (bicyclic) bond motifs is 1. The normalized spacial score (nSPS) is 13.9. The summed E-state index contributed by atoms with van der Waals surface area (Å²) in [4.78, 5) is 13.3. The van der Waals surface area contributed by atoms with Gasteiger partial charge in [0.05, 0.1) is 19.0 Å². The van der Waals surface area contributed by atoms with Gasteiger partial charge in [-0.15, -0.1) is 0 Å². The molecule has 1 unspecified atom stereocenters. The lowest BCUT2D eigenvalue weighted by Crippen LogP contribution is -2.27. The van der Waals surface area contributed by atoms with E-state index in [4.69, 9.17) is 0 Å². The van der Waals surface area contributed by atoms with Crippen LogP contribution in [0.1, 0.15) is 26.1 Å². The number of halogens is 3. The molecule has 6 nitrogen and oxygen atoms in total. The summed E-state index contributed by atoms with van der Waals surface area (Å²) in [6, 6.07) is -0.396. The molecule has 0 bridgehead atoms. The molecule has 0 aromatic carbocycles. The number of aliphatic hydroxyl groups excluding tert-OH is 1. The van der Waals surface area contributed by atoms with Crippen molar-refractivity contribution in [3.8, 4) is 0 Å². The van der Waals surface area contributed by atoms with Crippen LogP contribution in [-0.4, -0.2) is 37.7 Å². The number of aromatic amines is 1. The summed E-state index contributed by atoms with van der Waals surface area (Å²) < 4.78 is 38.4. The van der Waals surface area contributed by atoms with E-state index in [1.54, 1.807) is 0 Å². The Morgan fingerprint density at radius 3 is 2.62 bits per heavy atom. The molecular formula is C12H16F3N5O. The SMILES string of the molecule is CC(C)CC(CO)Nc1nc(C(F)(F)F)nc2nc[nH]c12. The van der Waals surface area contributed by atoms with E-state index in [0.717, 1.165) is 0 Å². The van der Waals surface area contributed by atoms with Gasteiger partial charge >= 0.3 is 6.18 Å². The summed E-state index contributed by atoms with van der Waals surface area (Å²) >= 11 is 0. The maximum Gasteiger partial charge on any atom is 0.451 e. The molecule has 0 aliphatic carbocycles. The molecule has 0 saturated heterocycles. The van der Waals surface area contributed by atoms with Crippen LogP contribution in [0.5, 0.6) is 0 Å². The van der Waals surface area contributed by atoms with Crippen LogP contribution < -0.4 is 5.32 Å². The molecule has 0 saturated carbocycles. The fraction of sp³-hybridized carbons (Fsp3) is 0.583. The van der Waals surface area contributed by atoms with Crippen molar-refractivity contribution in [1.82, 2.24) is 19.9 Å². The van der Waals surface area contributed by atoms with Crippen molar-refractivity contribution in [2.24, 2.45) is 5.92 Å². The van der Waals surface area contributed by atoms with Gasteiger partial charge in [-0.2, -0.15) is 13.2 Å². The number of rotatable bonds is 5. The summed E-state index contributed by atoms with van der Waals surface area (Å²) in [7, 11) is 0. The Balaban J connectivity index is 2.39. The second-order valence-corrected chi connectivity index (χ2v) is 5.15. The first-order chi connectivity index (χ1) is 9.81. The molecule has 9 heteroatoms. The number of H-pyrrole nitrogens is 1. The number of alkyl halides is 3. The van der Waals surface area contributed by atoms with E-state index in [-0.39, 0.29) is 29.5 Å². The molecule has 0 amide bonds. The van der Waals surface area contributed by atoms with E-state index in [1.165, 1.54) is 6.33 Å². The quantitative estimate of drug-likeness (QED) is 0.788. The number of hydrogen-bond donors (Lipinski definition) is 3. The van der Waals surface area contributed by atoms with Gasteiger partial charge < -0.3 is 15.4 Å². The van der Waals surface area contributed by atoms with Crippen molar-refractivity contribution >= 4 is 17.0 Å². The van der Waals surface area contributed by atoms with Crippen LogP contribution in [0.15, 0.2) is 6.33 Å². The van der Waals surface area contributed by atoms with Gasteiger partial charge in [-0.25, -0.2) is 15.0 Å². The Morgan fingerprint density at radius 1 is 1.33 bits per heavy atom.